The Bertz CT molecular complexity index is 384. The van der Waals surface area contributed by atoms with Crippen LogP contribution in [0.25, 0.3) is 0 Å². The number of para-hydroxylation sites is 1. The van der Waals surface area contributed by atoms with Crippen molar-refractivity contribution in [2.24, 2.45) is 0 Å². The van der Waals surface area contributed by atoms with Crippen LogP contribution >= 0.6 is 0 Å². The highest BCUT2D eigenvalue weighted by molar-refractivity contribution is 7.92. The summed E-state index contributed by atoms with van der Waals surface area (Å²) < 4.78 is 24.4. The van der Waals surface area contributed by atoms with Gasteiger partial charge in [0.05, 0.1) is 11.9 Å². The highest BCUT2D eigenvalue weighted by Gasteiger charge is 2.04. The average molecular weight is 199 g/mol. The molecule has 0 radical (unpaired) electrons. The van der Waals surface area contributed by atoms with Gasteiger partial charge < -0.3 is 0 Å². The van der Waals surface area contributed by atoms with Gasteiger partial charge in [-0.1, -0.05) is 25.1 Å². The molecular weight excluding hydrogens is 186 g/mol. The molecule has 0 saturated carbocycles. The first kappa shape index (κ1) is 10.1. The molecule has 0 aromatic heterocycles. The summed E-state index contributed by atoms with van der Waals surface area (Å²) in [6.45, 7) is 1.99. The van der Waals surface area contributed by atoms with Gasteiger partial charge in [0.15, 0.2) is 0 Å². The Labute approximate surface area is 78.8 Å². The zero-order valence-electron chi connectivity index (χ0n) is 7.74. The second-order valence-electron chi connectivity index (χ2n) is 2.88. The Kier molecular flexibility index (Phi) is 2.93. The van der Waals surface area contributed by atoms with E-state index in [2.05, 4.69) is 4.72 Å². The van der Waals surface area contributed by atoms with Crippen LogP contribution in [0.4, 0.5) is 5.69 Å². The molecule has 0 amide bonds. The number of hydrogen-bond acceptors (Lipinski definition) is 2. The summed E-state index contributed by atoms with van der Waals surface area (Å²) in [6, 6.07) is 7.38. The minimum atomic E-state index is -3.16. The monoisotopic (exact) mass is 199 g/mol. The van der Waals surface area contributed by atoms with E-state index < -0.39 is 10.0 Å². The van der Waals surface area contributed by atoms with Crippen molar-refractivity contribution in [2.45, 2.75) is 13.3 Å². The van der Waals surface area contributed by atoms with Crippen LogP contribution in [0.5, 0.6) is 0 Å². The fourth-order valence-corrected chi connectivity index (χ4v) is 1.73. The Morgan fingerprint density at radius 1 is 1.31 bits per heavy atom. The third-order valence-electron chi connectivity index (χ3n) is 1.69. The molecule has 0 atom stereocenters. The number of rotatable bonds is 3. The molecule has 72 valence electrons. The largest absolute Gasteiger partial charge is 0.284 e. The van der Waals surface area contributed by atoms with Gasteiger partial charge in [-0.15, -0.1) is 0 Å². The summed E-state index contributed by atoms with van der Waals surface area (Å²) in [4.78, 5) is 0. The highest BCUT2D eigenvalue weighted by atomic mass is 32.2. The molecule has 4 heteroatoms. The van der Waals surface area contributed by atoms with Gasteiger partial charge in [-0.25, -0.2) is 8.42 Å². The molecular formula is C9H13NO2S. The first-order chi connectivity index (χ1) is 6.03. The lowest BCUT2D eigenvalue weighted by molar-refractivity contribution is 0.606. The van der Waals surface area contributed by atoms with E-state index in [9.17, 15) is 8.42 Å². The standard InChI is InChI=1S/C9H13NO2S/c1-3-8-6-4-5-7-9(8)10-13(2,11)12/h4-7,10H,3H2,1-2H3. The third kappa shape index (κ3) is 3.06. The number of aryl methyl sites for hydroxylation is 1. The van der Waals surface area contributed by atoms with Crippen LogP contribution in [0.1, 0.15) is 12.5 Å². The van der Waals surface area contributed by atoms with E-state index in [0.29, 0.717) is 5.69 Å². The van der Waals surface area contributed by atoms with E-state index in [1.165, 1.54) is 0 Å². The first-order valence-electron chi connectivity index (χ1n) is 4.08. The molecule has 1 rings (SSSR count). The Balaban J connectivity index is 3.01. The normalized spacial score (nSPS) is 11.2. The van der Waals surface area contributed by atoms with Crippen molar-refractivity contribution in [2.75, 3.05) is 11.0 Å². The average Bonchev–Trinajstić information content (AvgIpc) is 2.02. The van der Waals surface area contributed by atoms with Gasteiger partial charge in [0.1, 0.15) is 0 Å². The van der Waals surface area contributed by atoms with E-state index in [1.54, 1.807) is 6.07 Å². The number of nitrogens with one attached hydrogen (secondary N) is 1. The summed E-state index contributed by atoms with van der Waals surface area (Å²) in [6.07, 6.45) is 1.97. The molecule has 0 aliphatic rings. The maximum atomic E-state index is 11.0. The van der Waals surface area contributed by atoms with Gasteiger partial charge in [-0.2, -0.15) is 0 Å². The van der Waals surface area contributed by atoms with Crippen LogP contribution in [0, 0.1) is 0 Å². The van der Waals surface area contributed by atoms with E-state index in [0.717, 1.165) is 18.2 Å². The summed E-state index contributed by atoms with van der Waals surface area (Å²) >= 11 is 0. The molecule has 1 aromatic rings. The van der Waals surface area contributed by atoms with Gasteiger partial charge >= 0.3 is 0 Å². The number of benzene rings is 1. The Morgan fingerprint density at radius 2 is 1.92 bits per heavy atom. The van der Waals surface area contributed by atoms with Gasteiger partial charge in [-0.3, -0.25) is 4.72 Å². The van der Waals surface area contributed by atoms with Crippen molar-refractivity contribution in [3.63, 3.8) is 0 Å². The lowest BCUT2D eigenvalue weighted by atomic mass is 10.1. The van der Waals surface area contributed by atoms with E-state index >= 15 is 0 Å². The Morgan fingerprint density at radius 3 is 2.46 bits per heavy atom. The lowest BCUT2D eigenvalue weighted by Gasteiger charge is -2.07. The SMILES string of the molecule is CCc1ccccc1NS(C)(=O)=O. The van der Waals surface area contributed by atoms with Crippen molar-refractivity contribution >= 4 is 15.7 Å². The predicted molar refractivity (Wildman–Crippen MR) is 54.3 cm³/mol. The first-order valence-corrected chi connectivity index (χ1v) is 5.98. The van der Waals surface area contributed by atoms with Gasteiger partial charge in [-0.05, 0) is 18.1 Å². The van der Waals surface area contributed by atoms with Crippen LogP contribution < -0.4 is 4.72 Å². The molecule has 1 aromatic carbocycles. The molecule has 0 unspecified atom stereocenters. The second-order valence-corrected chi connectivity index (χ2v) is 4.63. The molecule has 1 N–H and O–H groups in total. The minimum absolute atomic E-state index is 0.674. The number of sulfonamides is 1. The minimum Gasteiger partial charge on any atom is -0.284 e. The topological polar surface area (TPSA) is 46.2 Å². The molecule has 0 aliphatic carbocycles. The van der Waals surface area contributed by atoms with Crippen molar-refractivity contribution in [1.82, 2.24) is 0 Å². The summed E-state index contributed by atoms with van der Waals surface area (Å²) in [7, 11) is -3.16. The lowest BCUT2D eigenvalue weighted by Crippen LogP contribution is -2.10. The molecule has 13 heavy (non-hydrogen) atoms. The van der Waals surface area contributed by atoms with Crippen molar-refractivity contribution in [3.05, 3.63) is 29.8 Å². The van der Waals surface area contributed by atoms with Crippen LogP contribution in [-0.4, -0.2) is 14.7 Å². The van der Waals surface area contributed by atoms with Gasteiger partial charge in [0.25, 0.3) is 0 Å². The Hall–Kier alpha value is -1.03. The van der Waals surface area contributed by atoms with Gasteiger partial charge in [0, 0.05) is 0 Å². The van der Waals surface area contributed by atoms with Crippen molar-refractivity contribution in [3.8, 4) is 0 Å². The van der Waals surface area contributed by atoms with E-state index in [4.69, 9.17) is 0 Å². The van der Waals surface area contributed by atoms with E-state index in [1.807, 2.05) is 25.1 Å². The smallest absolute Gasteiger partial charge is 0.229 e. The van der Waals surface area contributed by atoms with Crippen LogP contribution in [-0.2, 0) is 16.4 Å². The quantitative estimate of drug-likeness (QED) is 0.804. The third-order valence-corrected chi connectivity index (χ3v) is 2.28. The number of anilines is 1. The fourth-order valence-electron chi connectivity index (χ4n) is 1.13. The van der Waals surface area contributed by atoms with Crippen molar-refractivity contribution in [1.29, 1.82) is 0 Å². The molecule has 0 saturated heterocycles. The van der Waals surface area contributed by atoms with Crippen molar-refractivity contribution < 1.29 is 8.42 Å². The molecule has 0 bridgehead atoms. The molecule has 0 heterocycles. The summed E-state index contributed by atoms with van der Waals surface area (Å²) in [5.74, 6) is 0. The number of hydrogen-bond donors (Lipinski definition) is 1. The van der Waals surface area contributed by atoms with Crippen LogP contribution in [0.3, 0.4) is 0 Å². The summed E-state index contributed by atoms with van der Waals surface area (Å²) in [5.41, 5.74) is 1.68. The van der Waals surface area contributed by atoms with E-state index in [-0.39, 0.29) is 0 Å². The fraction of sp³-hybridized carbons (Fsp3) is 0.333. The molecule has 3 nitrogen and oxygen atoms in total. The summed E-state index contributed by atoms with van der Waals surface area (Å²) in [5, 5.41) is 0. The molecule has 0 spiro atoms. The highest BCUT2D eigenvalue weighted by Crippen LogP contribution is 2.16. The zero-order valence-corrected chi connectivity index (χ0v) is 8.56. The second kappa shape index (κ2) is 3.79. The van der Waals surface area contributed by atoms with Gasteiger partial charge in [0.2, 0.25) is 10.0 Å². The predicted octanol–water partition coefficient (Wildman–Crippen LogP) is 1.62. The van der Waals surface area contributed by atoms with Crippen LogP contribution in [0.2, 0.25) is 0 Å². The molecule has 0 aliphatic heterocycles. The van der Waals surface area contributed by atoms with Crippen LogP contribution in [0.15, 0.2) is 24.3 Å². The maximum Gasteiger partial charge on any atom is 0.229 e. The zero-order chi connectivity index (χ0) is 9.90. The maximum absolute atomic E-state index is 11.0. The molecule has 0 fully saturated rings.